The topological polar surface area (TPSA) is 68.6 Å². The molecular formula is C22H34N2O4. The quantitative estimate of drug-likeness (QED) is 0.475. The Balaban J connectivity index is 2.40. The Labute approximate surface area is 168 Å². The van der Waals surface area contributed by atoms with Crippen LogP contribution in [-0.4, -0.2) is 46.8 Å². The molecule has 2 rings (SSSR count). The number of rotatable bonds is 9. The van der Waals surface area contributed by atoms with Gasteiger partial charge in [-0.05, 0) is 58.4 Å². The second-order valence-electron chi connectivity index (χ2n) is 8.20. The van der Waals surface area contributed by atoms with E-state index in [1.165, 1.54) is 7.11 Å². The number of esters is 1. The molecule has 1 aliphatic carbocycles. The maximum atomic E-state index is 13.5. The number of amides is 1. The fourth-order valence-electron chi connectivity index (χ4n) is 3.82. The van der Waals surface area contributed by atoms with Crippen LogP contribution < -0.4 is 0 Å². The molecule has 156 valence electrons. The van der Waals surface area contributed by atoms with Gasteiger partial charge in [0.05, 0.1) is 13.2 Å². The number of aromatic nitrogens is 1. The van der Waals surface area contributed by atoms with Crippen LogP contribution in [0, 0.1) is 25.7 Å². The van der Waals surface area contributed by atoms with Crippen molar-refractivity contribution >= 4 is 17.7 Å². The van der Waals surface area contributed by atoms with Crippen LogP contribution in [0.4, 0.5) is 0 Å². The van der Waals surface area contributed by atoms with E-state index in [-0.39, 0.29) is 17.6 Å². The average Bonchev–Trinajstić information content (AvgIpc) is 3.46. The van der Waals surface area contributed by atoms with Crippen molar-refractivity contribution in [3.05, 3.63) is 22.5 Å². The highest BCUT2D eigenvalue weighted by atomic mass is 16.5. The molecule has 6 heteroatoms. The van der Waals surface area contributed by atoms with E-state index in [9.17, 15) is 14.4 Å². The summed E-state index contributed by atoms with van der Waals surface area (Å²) >= 11 is 0. The number of ether oxygens (including phenoxy) is 1. The van der Waals surface area contributed by atoms with E-state index in [4.69, 9.17) is 4.74 Å². The molecule has 1 heterocycles. The minimum atomic E-state index is -0.553. The molecule has 1 aromatic rings. The summed E-state index contributed by atoms with van der Waals surface area (Å²) in [6.07, 6.45) is 2.68. The summed E-state index contributed by atoms with van der Waals surface area (Å²) in [7, 11) is 1.34. The van der Waals surface area contributed by atoms with E-state index in [2.05, 4.69) is 13.8 Å². The van der Waals surface area contributed by atoms with E-state index >= 15 is 0 Å². The molecule has 0 unspecified atom stereocenters. The first-order valence-corrected chi connectivity index (χ1v) is 10.3. The predicted molar refractivity (Wildman–Crippen MR) is 109 cm³/mol. The zero-order valence-electron chi connectivity index (χ0n) is 18.3. The number of carbonyl (C=O) groups excluding carboxylic acids is 3. The van der Waals surface area contributed by atoms with Crippen LogP contribution in [0.15, 0.2) is 0 Å². The van der Waals surface area contributed by atoms with Crippen molar-refractivity contribution in [2.45, 2.75) is 73.4 Å². The molecule has 6 nitrogen and oxygen atoms in total. The third-order valence-electron chi connectivity index (χ3n) is 5.71. The largest absolute Gasteiger partial charge is 0.464 e. The molecule has 28 heavy (non-hydrogen) atoms. The van der Waals surface area contributed by atoms with E-state index in [0.29, 0.717) is 35.8 Å². The lowest BCUT2D eigenvalue weighted by Gasteiger charge is -2.29. The number of methoxy groups -OCH3 is 1. The molecular weight excluding hydrogens is 356 g/mol. The van der Waals surface area contributed by atoms with Gasteiger partial charge in [0, 0.05) is 30.3 Å². The Kier molecular flexibility index (Phi) is 7.07. The molecule has 1 saturated carbocycles. The van der Waals surface area contributed by atoms with Crippen molar-refractivity contribution in [3.63, 3.8) is 0 Å². The molecule has 1 aromatic heterocycles. The first-order chi connectivity index (χ1) is 13.1. The van der Waals surface area contributed by atoms with Gasteiger partial charge in [0.25, 0.3) is 0 Å². The van der Waals surface area contributed by atoms with E-state index in [1.807, 2.05) is 25.3 Å². The zero-order valence-corrected chi connectivity index (χ0v) is 18.3. The van der Waals surface area contributed by atoms with Gasteiger partial charge in [0.2, 0.25) is 5.91 Å². The smallest absolute Gasteiger partial charge is 0.354 e. The Morgan fingerprint density at radius 2 is 1.79 bits per heavy atom. The normalized spacial score (nSPS) is 14.9. The molecule has 0 aromatic carbocycles. The second-order valence-corrected chi connectivity index (χ2v) is 8.20. The van der Waals surface area contributed by atoms with Crippen LogP contribution in [0.2, 0.25) is 0 Å². The third-order valence-corrected chi connectivity index (χ3v) is 5.71. The number of hydrogen-bond acceptors (Lipinski definition) is 4. The highest BCUT2D eigenvalue weighted by Crippen LogP contribution is 2.33. The first kappa shape index (κ1) is 22.2. The third kappa shape index (κ3) is 4.31. The highest BCUT2D eigenvalue weighted by molar-refractivity contribution is 6.06. The van der Waals surface area contributed by atoms with Crippen molar-refractivity contribution in [1.82, 2.24) is 9.47 Å². The molecule has 0 radical (unpaired) electrons. The lowest BCUT2D eigenvalue weighted by atomic mass is 9.99. The minimum absolute atomic E-state index is 0.0653. The van der Waals surface area contributed by atoms with Gasteiger partial charge in [-0.1, -0.05) is 13.8 Å². The lowest BCUT2D eigenvalue weighted by molar-refractivity contribution is -0.134. The fourth-order valence-corrected chi connectivity index (χ4v) is 3.82. The zero-order chi connectivity index (χ0) is 21.2. The molecule has 1 amide bonds. The molecule has 1 aliphatic rings. The van der Waals surface area contributed by atoms with Gasteiger partial charge in [-0.25, -0.2) is 4.79 Å². The Morgan fingerprint density at radius 3 is 2.25 bits per heavy atom. The van der Waals surface area contributed by atoms with Gasteiger partial charge in [-0.2, -0.15) is 0 Å². The Morgan fingerprint density at radius 1 is 1.18 bits per heavy atom. The molecule has 0 bridgehead atoms. The summed E-state index contributed by atoms with van der Waals surface area (Å²) in [6.45, 7) is 12.8. The molecule has 0 spiro atoms. The van der Waals surface area contributed by atoms with Crippen LogP contribution in [0.3, 0.4) is 0 Å². The highest BCUT2D eigenvalue weighted by Gasteiger charge is 2.38. The van der Waals surface area contributed by atoms with E-state index in [0.717, 1.165) is 25.0 Å². The van der Waals surface area contributed by atoms with Crippen molar-refractivity contribution < 1.29 is 19.1 Å². The summed E-state index contributed by atoms with van der Waals surface area (Å²) in [5, 5.41) is 0. The standard InChI is InChI=1S/C22H34N2O4/c1-8-23-15(5)18(14(4)19(23)22(27)28-7)20(25)16(6)24(12-11-13(2)3)21(26)17-9-10-17/h13,16-17H,8-12H2,1-7H3/t16-/m0/s1. The minimum Gasteiger partial charge on any atom is -0.464 e. The van der Waals surface area contributed by atoms with Gasteiger partial charge in [-0.15, -0.1) is 0 Å². The van der Waals surface area contributed by atoms with Crippen molar-refractivity contribution in [2.24, 2.45) is 11.8 Å². The molecule has 0 N–H and O–H groups in total. The number of carbonyl (C=O) groups is 3. The number of Topliss-reactive ketones (excluding diaryl/α,β-unsaturated/α-hetero) is 1. The first-order valence-electron chi connectivity index (χ1n) is 10.3. The second kappa shape index (κ2) is 8.93. The Hall–Kier alpha value is -2.11. The molecule has 1 atom stereocenters. The van der Waals surface area contributed by atoms with E-state index in [1.54, 1.807) is 11.8 Å². The monoisotopic (exact) mass is 390 g/mol. The summed E-state index contributed by atoms with van der Waals surface area (Å²) in [5.74, 6) is 0.0489. The predicted octanol–water partition coefficient (Wildman–Crippen LogP) is 3.77. The van der Waals surface area contributed by atoms with Gasteiger partial charge in [-0.3, -0.25) is 9.59 Å². The van der Waals surface area contributed by atoms with Gasteiger partial charge < -0.3 is 14.2 Å². The SMILES string of the molecule is CCn1c(C)c(C(=O)[C@H](C)N(CCC(C)C)C(=O)C2CC2)c(C)c1C(=O)OC. The lowest BCUT2D eigenvalue weighted by Crippen LogP contribution is -2.45. The maximum Gasteiger partial charge on any atom is 0.354 e. The van der Waals surface area contributed by atoms with Gasteiger partial charge >= 0.3 is 5.97 Å². The summed E-state index contributed by atoms with van der Waals surface area (Å²) in [4.78, 5) is 40.3. The average molecular weight is 391 g/mol. The number of nitrogens with zero attached hydrogens (tertiary/aromatic N) is 2. The number of hydrogen-bond donors (Lipinski definition) is 0. The van der Waals surface area contributed by atoms with Crippen molar-refractivity contribution in [2.75, 3.05) is 13.7 Å². The van der Waals surface area contributed by atoms with Crippen LogP contribution >= 0.6 is 0 Å². The van der Waals surface area contributed by atoms with Crippen molar-refractivity contribution in [3.8, 4) is 0 Å². The summed E-state index contributed by atoms with van der Waals surface area (Å²) in [5.41, 5.74) is 2.33. The Bertz CT molecular complexity index is 759. The van der Waals surface area contributed by atoms with E-state index < -0.39 is 12.0 Å². The van der Waals surface area contributed by atoms with Crippen LogP contribution in [0.5, 0.6) is 0 Å². The van der Waals surface area contributed by atoms with Crippen LogP contribution in [0.1, 0.15) is 79.1 Å². The van der Waals surface area contributed by atoms with Gasteiger partial charge in [0.15, 0.2) is 5.78 Å². The molecule has 0 saturated heterocycles. The number of ketones is 1. The van der Waals surface area contributed by atoms with Crippen LogP contribution in [0.25, 0.3) is 0 Å². The van der Waals surface area contributed by atoms with Crippen LogP contribution in [-0.2, 0) is 16.1 Å². The molecule has 1 fully saturated rings. The van der Waals surface area contributed by atoms with Gasteiger partial charge in [0.1, 0.15) is 5.69 Å². The maximum absolute atomic E-state index is 13.5. The van der Waals surface area contributed by atoms with Crippen molar-refractivity contribution in [1.29, 1.82) is 0 Å². The summed E-state index contributed by atoms with van der Waals surface area (Å²) in [6, 6.07) is -0.553. The summed E-state index contributed by atoms with van der Waals surface area (Å²) < 4.78 is 6.74. The molecule has 0 aliphatic heterocycles. The fraction of sp³-hybridized carbons (Fsp3) is 0.682.